The number of benzene rings is 1. The molecule has 0 aliphatic heterocycles. The van der Waals surface area contributed by atoms with Crippen molar-refractivity contribution in [2.24, 2.45) is 4.36 Å². The van der Waals surface area contributed by atoms with E-state index in [9.17, 15) is 18.5 Å². The average Bonchev–Trinajstić information content (AvgIpc) is 2.03. The van der Waals surface area contributed by atoms with Crippen LogP contribution in [-0.4, -0.2) is 13.3 Å². The monoisotopic (exact) mass is 200 g/mol. The van der Waals surface area contributed by atoms with E-state index in [0.29, 0.717) is 0 Å². The smallest absolute Gasteiger partial charge is 0.258 e. The van der Waals surface area contributed by atoms with E-state index in [0.717, 1.165) is 6.07 Å². The molecule has 0 bridgehead atoms. The van der Waals surface area contributed by atoms with Crippen LogP contribution >= 0.6 is 0 Å². The molecule has 0 amide bonds. The first-order valence-corrected chi connectivity index (χ1v) is 4.18. The van der Waals surface area contributed by atoms with Crippen LogP contribution in [0.5, 0.6) is 0 Å². The van der Waals surface area contributed by atoms with Crippen LogP contribution in [0.25, 0.3) is 0 Å². The van der Waals surface area contributed by atoms with Crippen molar-refractivity contribution in [3.8, 4) is 0 Å². The Morgan fingerprint density at radius 2 is 2.08 bits per heavy atom. The average molecular weight is 200 g/mol. The molecule has 0 saturated heterocycles. The molecule has 0 aromatic heterocycles. The van der Waals surface area contributed by atoms with Gasteiger partial charge in [0.2, 0.25) is 0 Å². The zero-order chi connectivity index (χ0) is 9.84. The summed E-state index contributed by atoms with van der Waals surface area (Å²) >= 11 is 0. The third-order valence-electron chi connectivity index (χ3n) is 1.22. The summed E-state index contributed by atoms with van der Waals surface area (Å²) in [6.45, 7) is 0. The van der Waals surface area contributed by atoms with Crippen LogP contribution in [-0.2, 0) is 10.5 Å². The zero-order valence-electron chi connectivity index (χ0n) is 6.25. The number of nitro benzene ring substituents is 1. The second-order valence-electron chi connectivity index (χ2n) is 2.09. The molecule has 1 aromatic rings. The minimum absolute atomic E-state index is 0.0440. The van der Waals surface area contributed by atoms with E-state index in [1.54, 1.807) is 0 Å². The van der Waals surface area contributed by atoms with Crippen molar-refractivity contribution in [1.82, 2.24) is 0 Å². The Morgan fingerprint density at radius 1 is 1.38 bits per heavy atom. The summed E-state index contributed by atoms with van der Waals surface area (Å²) in [5.74, 6) is 0. The van der Waals surface area contributed by atoms with E-state index in [4.69, 9.17) is 0 Å². The second kappa shape index (κ2) is 3.76. The Balaban J connectivity index is 3.20. The topological polar surface area (TPSA) is 89.6 Å². The molecule has 1 rings (SSSR count). The van der Waals surface area contributed by atoms with Crippen molar-refractivity contribution in [3.63, 3.8) is 0 Å². The van der Waals surface area contributed by atoms with Crippen LogP contribution in [0.15, 0.2) is 28.6 Å². The molecule has 0 N–H and O–H groups in total. The third kappa shape index (κ3) is 2.64. The van der Waals surface area contributed by atoms with Gasteiger partial charge in [0.1, 0.15) is 0 Å². The van der Waals surface area contributed by atoms with Crippen molar-refractivity contribution < 1.29 is 13.3 Å². The van der Waals surface area contributed by atoms with Gasteiger partial charge in [-0.05, 0) is 6.07 Å². The Hall–Kier alpha value is -1.76. The molecule has 6 nitrogen and oxygen atoms in total. The molecule has 0 fully saturated rings. The highest BCUT2D eigenvalue weighted by molar-refractivity contribution is 7.61. The van der Waals surface area contributed by atoms with E-state index in [-0.39, 0.29) is 11.4 Å². The molecular formula is C6H4N2O4S. The summed E-state index contributed by atoms with van der Waals surface area (Å²) < 4.78 is 23.3. The maximum atomic E-state index is 10.2. The number of nitrogens with zero attached hydrogens (tertiary/aromatic N) is 2. The molecule has 13 heavy (non-hydrogen) atoms. The summed E-state index contributed by atoms with van der Waals surface area (Å²) in [6, 6.07) is 5.06. The van der Waals surface area contributed by atoms with Crippen molar-refractivity contribution >= 4 is 21.9 Å². The van der Waals surface area contributed by atoms with Gasteiger partial charge in [-0.25, -0.2) is 0 Å². The number of rotatable bonds is 2. The van der Waals surface area contributed by atoms with Crippen molar-refractivity contribution in [1.29, 1.82) is 0 Å². The quantitative estimate of drug-likeness (QED) is 0.531. The van der Waals surface area contributed by atoms with Gasteiger partial charge in [0.25, 0.3) is 5.69 Å². The number of hydrogen-bond donors (Lipinski definition) is 0. The summed E-state index contributed by atoms with van der Waals surface area (Å²) in [5, 5.41) is 10.2. The lowest BCUT2D eigenvalue weighted by atomic mass is 10.3. The summed E-state index contributed by atoms with van der Waals surface area (Å²) in [7, 11) is -2.59. The van der Waals surface area contributed by atoms with E-state index < -0.39 is 15.4 Å². The molecule has 7 heteroatoms. The normalized spacial score (nSPS) is 9.23. The Kier molecular flexibility index (Phi) is 2.70. The van der Waals surface area contributed by atoms with Crippen LogP contribution in [0.1, 0.15) is 0 Å². The number of hydrogen-bond acceptors (Lipinski definition) is 5. The molecule has 0 saturated carbocycles. The van der Waals surface area contributed by atoms with E-state index in [1.807, 2.05) is 0 Å². The van der Waals surface area contributed by atoms with Gasteiger partial charge >= 0.3 is 10.5 Å². The molecule has 0 aliphatic carbocycles. The van der Waals surface area contributed by atoms with Gasteiger partial charge in [0.05, 0.1) is 10.6 Å². The Morgan fingerprint density at radius 3 is 2.62 bits per heavy atom. The van der Waals surface area contributed by atoms with Gasteiger partial charge in [-0.15, -0.1) is 4.36 Å². The predicted molar refractivity (Wildman–Crippen MR) is 44.1 cm³/mol. The van der Waals surface area contributed by atoms with Gasteiger partial charge in [0, 0.05) is 12.1 Å². The van der Waals surface area contributed by atoms with Gasteiger partial charge in [-0.3, -0.25) is 10.1 Å². The molecule has 68 valence electrons. The summed E-state index contributed by atoms with van der Waals surface area (Å²) in [5.41, 5.74) is -0.144. The minimum Gasteiger partial charge on any atom is -0.258 e. The molecule has 1 aromatic carbocycles. The number of nitro groups is 1. The highest BCUT2D eigenvalue weighted by Crippen LogP contribution is 2.18. The fourth-order valence-corrected chi connectivity index (χ4v) is 1.04. The van der Waals surface area contributed by atoms with Crippen LogP contribution < -0.4 is 0 Å². The SMILES string of the molecule is O=[N+]([O-])c1cccc(N=S(=O)=O)c1. The predicted octanol–water partition coefficient (Wildman–Crippen LogP) is 1.29. The van der Waals surface area contributed by atoms with Gasteiger partial charge in [-0.2, -0.15) is 8.42 Å². The van der Waals surface area contributed by atoms with E-state index in [1.165, 1.54) is 18.2 Å². The second-order valence-corrected chi connectivity index (χ2v) is 2.70. The highest BCUT2D eigenvalue weighted by Gasteiger charge is 2.04. The zero-order valence-corrected chi connectivity index (χ0v) is 7.06. The largest absolute Gasteiger partial charge is 0.316 e. The maximum Gasteiger partial charge on any atom is 0.316 e. The van der Waals surface area contributed by atoms with Crippen molar-refractivity contribution in [2.45, 2.75) is 0 Å². The lowest BCUT2D eigenvalue weighted by Gasteiger charge is -1.90. The molecule has 0 aliphatic rings. The highest BCUT2D eigenvalue weighted by atomic mass is 32.2. The van der Waals surface area contributed by atoms with Crippen molar-refractivity contribution in [2.75, 3.05) is 0 Å². The fourth-order valence-electron chi connectivity index (χ4n) is 0.749. The molecular weight excluding hydrogens is 196 g/mol. The summed E-state index contributed by atoms with van der Waals surface area (Å²) in [4.78, 5) is 9.63. The fraction of sp³-hybridized carbons (Fsp3) is 0. The van der Waals surface area contributed by atoms with E-state index in [2.05, 4.69) is 4.36 Å². The van der Waals surface area contributed by atoms with Crippen LogP contribution in [0, 0.1) is 10.1 Å². The van der Waals surface area contributed by atoms with Gasteiger partial charge < -0.3 is 0 Å². The van der Waals surface area contributed by atoms with Crippen LogP contribution in [0.2, 0.25) is 0 Å². The molecule has 0 radical (unpaired) electrons. The minimum atomic E-state index is -2.59. The standard InChI is InChI=1S/C6H4N2O4S/c9-8(10)6-3-1-2-5(4-6)7-13(11)12/h1-4H. The number of non-ortho nitro benzene ring substituents is 1. The van der Waals surface area contributed by atoms with Gasteiger partial charge in [0.15, 0.2) is 0 Å². The first-order valence-electron chi connectivity index (χ1n) is 3.15. The molecule has 0 heterocycles. The first kappa shape index (κ1) is 9.33. The van der Waals surface area contributed by atoms with Gasteiger partial charge in [-0.1, -0.05) is 6.07 Å². The van der Waals surface area contributed by atoms with Crippen LogP contribution in [0.4, 0.5) is 11.4 Å². The summed E-state index contributed by atoms with van der Waals surface area (Å²) in [6.07, 6.45) is 0. The third-order valence-corrected chi connectivity index (χ3v) is 1.58. The lowest BCUT2D eigenvalue weighted by molar-refractivity contribution is -0.384. The lowest BCUT2D eigenvalue weighted by Crippen LogP contribution is -1.85. The Labute approximate surface area is 74.7 Å². The van der Waals surface area contributed by atoms with Crippen LogP contribution in [0.3, 0.4) is 0 Å². The van der Waals surface area contributed by atoms with Crippen molar-refractivity contribution in [3.05, 3.63) is 34.4 Å². The molecule has 0 atom stereocenters. The maximum absolute atomic E-state index is 10.2. The first-order chi connectivity index (χ1) is 6.09. The Bertz CT molecular complexity index is 457. The molecule has 0 spiro atoms. The molecule has 0 unspecified atom stereocenters. The van der Waals surface area contributed by atoms with E-state index >= 15 is 0 Å².